The van der Waals surface area contributed by atoms with Crippen LogP contribution in [0.1, 0.15) is 19.4 Å². The summed E-state index contributed by atoms with van der Waals surface area (Å²) in [4.78, 5) is 14.4. The van der Waals surface area contributed by atoms with E-state index in [0.717, 1.165) is 27.3 Å². The molecule has 0 atom stereocenters. The number of rotatable bonds is 7. The maximum absolute atomic E-state index is 13.2. The molecule has 1 heterocycles. The predicted octanol–water partition coefficient (Wildman–Crippen LogP) is 5.03. The minimum atomic E-state index is -3.82. The van der Waals surface area contributed by atoms with Gasteiger partial charge in [-0.05, 0) is 54.3 Å². The first kappa shape index (κ1) is 23.2. The van der Waals surface area contributed by atoms with Crippen LogP contribution in [-0.2, 0) is 30.5 Å². The van der Waals surface area contributed by atoms with Crippen molar-refractivity contribution in [3.8, 4) is 0 Å². The van der Waals surface area contributed by atoms with Crippen molar-refractivity contribution in [2.24, 2.45) is 20.0 Å². The highest BCUT2D eigenvalue weighted by atomic mass is 32.2. The van der Waals surface area contributed by atoms with Crippen molar-refractivity contribution in [1.29, 1.82) is 0 Å². The van der Waals surface area contributed by atoms with Crippen LogP contribution >= 0.6 is 11.8 Å². The number of nitrogens with zero attached hydrogens (tertiary/aromatic N) is 2. The zero-order valence-corrected chi connectivity index (χ0v) is 20.7. The molecule has 0 aliphatic rings. The van der Waals surface area contributed by atoms with E-state index in [4.69, 9.17) is 0 Å². The van der Waals surface area contributed by atoms with Crippen LogP contribution in [0, 0.1) is 5.92 Å². The molecule has 1 N–H and O–H groups in total. The minimum Gasteiger partial charge on any atom is -0.295 e. The Hall–Kier alpha value is -2.97. The van der Waals surface area contributed by atoms with E-state index in [1.54, 1.807) is 36.9 Å². The van der Waals surface area contributed by atoms with Gasteiger partial charge in [0, 0.05) is 23.9 Å². The molecule has 4 aromatic rings. The predicted molar refractivity (Wildman–Crippen MR) is 135 cm³/mol. The van der Waals surface area contributed by atoms with Crippen LogP contribution in [-0.4, -0.2) is 17.6 Å². The number of hydrogen-bond donors (Lipinski definition) is 1. The van der Waals surface area contributed by atoms with Crippen LogP contribution in [0.4, 0.5) is 5.69 Å². The Labute approximate surface area is 198 Å². The van der Waals surface area contributed by atoms with Crippen molar-refractivity contribution in [1.82, 2.24) is 9.13 Å². The Balaban J connectivity index is 1.77. The molecular formula is C25H27N3O3S2. The average Bonchev–Trinajstić information content (AvgIpc) is 2.98. The lowest BCUT2D eigenvalue weighted by atomic mass is 10.0. The lowest BCUT2D eigenvalue weighted by Crippen LogP contribution is -2.19. The molecule has 0 aliphatic carbocycles. The third kappa shape index (κ3) is 4.86. The van der Waals surface area contributed by atoms with Crippen molar-refractivity contribution in [2.75, 3.05) is 4.72 Å². The number of imidazole rings is 1. The third-order valence-corrected chi connectivity index (χ3v) is 7.91. The van der Waals surface area contributed by atoms with Crippen molar-refractivity contribution < 1.29 is 8.42 Å². The van der Waals surface area contributed by atoms with Gasteiger partial charge in [0.05, 0.1) is 21.6 Å². The van der Waals surface area contributed by atoms with Crippen LogP contribution in [0.25, 0.3) is 11.0 Å². The maximum Gasteiger partial charge on any atom is 0.328 e. The molecule has 0 bridgehead atoms. The molecule has 3 aromatic carbocycles. The van der Waals surface area contributed by atoms with Crippen LogP contribution in [0.3, 0.4) is 0 Å². The zero-order valence-electron chi connectivity index (χ0n) is 19.1. The molecule has 0 saturated carbocycles. The van der Waals surface area contributed by atoms with E-state index in [2.05, 4.69) is 18.6 Å². The molecule has 1 aromatic heterocycles. The number of nitrogens with one attached hydrogen (secondary N) is 1. The lowest BCUT2D eigenvalue weighted by molar-refractivity contribution is 0.601. The quantitative estimate of drug-likeness (QED) is 0.402. The van der Waals surface area contributed by atoms with Crippen LogP contribution < -0.4 is 10.4 Å². The fourth-order valence-electron chi connectivity index (χ4n) is 3.79. The standard InChI is InChI=1S/C25H27N3O3S2/c1-17(2)14-18-10-12-20(13-11-18)33(30,31)26-21-15-22-23(28(4)25(29)27(22)3)16-24(21)32-19-8-6-5-7-9-19/h5-13,15-17,26H,14H2,1-4H3. The first-order valence-corrected chi connectivity index (χ1v) is 13.0. The number of benzene rings is 3. The summed E-state index contributed by atoms with van der Waals surface area (Å²) in [6.45, 7) is 4.26. The van der Waals surface area contributed by atoms with Gasteiger partial charge in [-0.1, -0.05) is 55.9 Å². The van der Waals surface area contributed by atoms with E-state index in [9.17, 15) is 13.2 Å². The van der Waals surface area contributed by atoms with Crippen molar-refractivity contribution in [2.45, 2.75) is 35.0 Å². The summed E-state index contributed by atoms with van der Waals surface area (Å²) >= 11 is 1.45. The van der Waals surface area contributed by atoms with Crippen molar-refractivity contribution in [3.05, 3.63) is 82.8 Å². The molecule has 0 radical (unpaired) electrons. The number of hydrogen-bond acceptors (Lipinski definition) is 4. The smallest absolute Gasteiger partial charge is 0.295 e. The molecule has 0 unspecified atom stereocenters. The Morgan fingerprint density at radius 3 is 2.12 bits per heavy atom. The second kappa shape index (κ2) is 9.11. The van der Waals surface area contributed by atoms with E-state index in [1.165, 1.54) is 16.3 Å². The Bertz CT molecular complexity index is 1450. The number of anilines is 1. The number of sulfonamides is 1. The Morgan fingerprint density at radius 2 is 1.52 bits per heavy atom. The van der Waals surface area contributed by atoms with Gasteiger partial charge in [-0.3, -0.25) is 13.9 Å². The molecule has 6 nitrogen and oxygen atoms in total. The van der Waals surface area contributed by atoms with Crippen LogP contribution in [0.15, 0.2) is 86.2 Å². The molecule has 8 heteroatoms. The zero-order chi connectivity index (χ0) is 23.8. The first-order chi connectivity index (χ1) is 15.7. The van der Waals surface area contributed by atoms with E-state index in [0.29, 0.717) is 17.1 Å². The highest BCUT2D eigenvalue weighted by molar-refractivity contribution is 7.99. The van der Waals surface area contributed by atoms with Gasteiger partial charge in [0.2, 0.25) is 0 Å². The van der Waals surface area contributed by atoms with E-state index in [-0.39, 0.29) is 10.6 Å². The lowest BCUT2D eigenvalue weighted by Gasteiger charge is -2.14. The number of aromatic nitrogens is 2. The van der Waals surface area contributed by atoms with Crippen molar-refractivity contribution >= 4 is 38.5 Å². The summed E-state index contributed by atoms with van der Waals surface area (Å²) in [5.74, 6) is 0.493. The summed E-state index contributed by atoms with van der Waals surface area (Å²) in [7, 11) is -0.422. The largest absolute Gasteiger partial charge is 0.328 e. The molecule has 4 rings (SSSR count). The molecule has 0 aliphatic heterocycles. The molecular weight excluding hydrogens is 454 g/mol. The third-order valence-electron chi connectivity index (χ3n) is 5.47. The van der Waals surface area contributed by atoms with E-state index in [1.807, 2.05) is 48.5 Å². The number of fused-ring (bicyclic) bond motifs is 1. The van der Waals surface area contributed by atoms with Gasteiger partial charge >= 0.3 is 5.69 Å². The number of aryl methyl sites for hydroxylation is 2. The van der Waals surface area contributed by atoms with Gasteiger partial charge < -0.3 is 0 Å². The van der Waals surface area contributed by atoms with Gasteiger partial charge in [0.15, 0.2) is 0 Å². The van der Waals surface area contributed by atoms with Gasteiger partial charge in [0.1, 0.15) is 0 Å². The Morgan fingerprint density at radius 1 is 0.909 bits per heavy atom. The summed E-state index contributed by atoms with van der Waals surface area (Å²) in [6.07, 6.45) is 0.893. The van der Waals surface area contributed by atoms with Gasteiger partial charge in [0.25, 0.3) is 10.0 Å². The SMILES string of the molecule is CC(C)Cc1ccc(S(=O)(=O)Nc2cc3c(cc2Sc2ccccc2)n(C)c(=O)n3C)cc1. The molecule has 0 spiro atoms. The van der Waals surface area contributed by atoms with E-state index >= 15 is 0 Å². The van der Waals surface area contributed by atoms with Gasteiger partial charge in [-0.15, -0.1) is 0 Å². The maximum atomic E-state index is 13.2. The molecule has 0 fully saturated rings. The molecule has 33 heavy (non-hydrogen) atoms. The second-order valence-corrected chi connectivity index (χ2v) is 11.3. The van der Waals surface area contributed by atoms with Crippen LogP contribution in [0.2, 0.25) is 0 Å². The fraction of sp³-hybridized carbons (Fsp3) is 0.240. The fourth-order valence-corrected chi connectivity index (χ4v) is 5.86. The molecule has 172 valence electrons. The second-order valence-electron chi connectivity index (χ2n) is 8.50. The molecule has 0 amide bonds. The summed E-state index contributed by atoms with van der Waals surface area (Å²) in [5.41, 5.74) is 2.77. The summed E-state index contributed by atoms with van der Waals surface area (Å²) in [6, 6.07) is 20.3. The van der Waals surface area contributed by atoms with E-state index < -0.39 is 10.0 Å². The minimum absolute atomic E-state index is 0.165. The van der Waals surface area contributed by atoms with Gasteiger partial charge in [-0.25, -0.2) is 13.2 Å². The van der Waals surface area contributed by atoms with Crippen LogP contribution in [0.5, 0.6) is 0 Å². The Kier molecular flexibility index (Phi) is 6.41. The summed E-state index contributed by atoms with van der Waals surface area (Å²) in [5, 5.41) is 0. The first-order valence-electron chi connectivity index (χ1n) is 10.7. The van der Waals surface area contributed by atoms with Crippen molar-refractivity contribution in [3.63, 3.8) is 0 Å². The normalized spacial score (nSPS) is 11.9. The summed E-state index contributed by atoms with van der Waals surface area (Å²) < 4.78 is 32.3. The molecule has 0 saturated heterocycles. The average molecular weight is 482 g/mol. The monoisotopic (exact) mass is 481 g/mol. The topological polar surface area (TPSA) is 73.1 Å². The highest BCUT2D eigenvalue weighted by Crippen LogP contribution is 2.37. The van der Waals surface area contributed by atoms with Gasteiger partial charge in [-0.2, -0.15) is 0 Å². The highest BCUT2D eigenvalue weighted by Gasteiger charge is 2.20.